The lowest BCUT2D eigenvalue weighted by Crippen LogP contribution is -2.37. The number of benzene rings is 2. The lowest BCUT2D eigenvalue weighted by molar-refractivity contribution is -0.121. The molecule has 0 saturated carbocycles. The summed E-state index contributed by atoms with van der Waals surface area (Å²) in [6.07, 6.45) is 0. The fourth-order valence-electron chi connectivity index (χ4n) is 2.04. The van der Waals surface area contributed by atoms with Gasteiger partial charge in [-0.1, -0.05) is 17.7 Å². The van der Waals surface area contributed by atoms with Crippen molar-refractivity contribution in [3.8, 4) is 11.8 Å². The molecule has 0 heterocycles. The van der Waals surface area contributed by atoms with Crippen molar-refractivity contribution in [2.75, 3.05) is 11.9 Å². The molecule has 2 aromatic rings. The summed E-state index contributed by atoms with van der Waals surface area (Å²) in [5, 5.41) is 13.5. The number of carbonyl (C=O) groups excluding carboxylic acids is 2. The summed E-state index contributed by atoms with van der Waals surface area (Å²) in [6.45, 7) is 3.53. The molecule has 2 N–H and O–H groups in total. The number of nitriles is 1. The molecule has 6 heteroatoms. The van der Waals surface area contributed by atoms with Gasteiger partial charge in [0.15, 0.2) is 6.61 Å². The molecule has 0 atom stereocenters. The number of ether oxygens (including phenoxy) is 1. The van der Waals surface area contributed by atoms with E-state index >= 15 is 0 Å². The van der Waals surface area contributed by atoms with Crippen molar-refractivity contribution in [2.45, 2.75) is 13.8 Å². The van der Waals surface area contributed by atoms with E-state index in [4.69, 9.17) is 10.00 Å². The number of carbonyl (C=O) groups is 2. The van der Waals surface area contributed by atoms with Crippen LogP contribution >= 0.6 is 0 Å². The fourth-order valence-corrected chi connectivity index (χ4v) is 2.04. The second-order valence-electron chi connectivity index (χ2n) is 5.25. The van der Waals surface area contributed by atoms with E-state index in [1.807, 2.05) is 32.0 Å². The number of amides is 3. The largest absolute Gasteiger partial charge is 0.484 e. The minimum atomic E-state index is -0.615. The Balaban J connectivity index is 1.83. The van der Waals surface area contributed by atoms with Crippen LogP contribution in [-0.4, -0.2) is 18.5 Å². The molecule has 0 aliphatic rings. The van der Waals surface area contributed by atoms with E-state index in [2.05, 4.69) is 10.6 Å². The third kappa shape index (κ3) is 4.85. The molecule has 0 fully saturated rings. The van der Waals surface area contributed by atoms with Crippen molar-refractivity contribution < 1.29 is 14.3 Å². The van der Waals surface area contributed by atoms with Crippen molar-refractivity contribution >= 4 is 17.6 Å². The van der Waals surface area contributed by atoms with Crippen LogP contribution in [0.5, 0.6) is 5.75 Å². The standard InChI is InChI=1S/C18H17N3O3/c1-12-3-8-16(13(2)9-12)20-18(23)21-17(22)11-24-15-6-4-14(10-19)5-7-15/h3-9H,11H2,1-2H3,(H2,20,21,22,23). The molecular formula is C18H17N3O3. The van der Waals surface area contributed by atoms with E-state index in [1.54, 1.807) is 30.3 Å². The number of rotatable bonds is 4. The molecule has 6 nitrogen and oxygen atoms in total. The van der Waals surface area contributed by atoms with Crippen molar-refractivity contribution in [3.05, 3.63) is 59.2 Å². The highest BCUT2D eigenvalue weighted by molar-refractivity contribution is 6.01. The van der Waals surface area contributed by atoms with Gasteiger partial charge in [0.05, 0.1) is 11.6 Å². The Kier molecular flexibility index (Phi) is 5.53. The average Bonchev–Trinajstić information content (AvgIpc) is 2.56. The summed E-state index contributed by atoms with van der Waals surface area (Å²) in [5.41, 5.74) is 3.13. The molecule has 0 unspecified atom stereocenters. The molecule has 2 aromatic carbocycles. The monoisotopic (exact) mass is 323 g/mol. The number of nitrogens with one attached hydrogen (secondary N) is 2. The van der Waals surface area contributed by atoms with Crippen LogP contribution in [-0.2, 0) is 4.79 Å². The van der Waals surface area contributed by atoms with Gasteiger partial charge in [-0.15, -0.1) is 0 Å². The van der Waals surface area contributed by atoms with Gasteiger partial charge < -0.3 is 10.1 Å². The predicted octanol–water partition coefficient (Wildman–Crippen LogP) is 2.90. The summed E-state index contributed by atoms with van der Waals surface area (Å²) >= 11 is 0. The number of nitrogens with zero attached hydrogens (tertiary/aromatic N) is 1. The Morgan fingerprint density at radius 2 is 1.83 bits per heavy atom. The minimum absolute atomic E-state index is 0.299. The Hall–Kier alpha value is -3.33. The van der Waals surface area contributed by atoms with Gasteiger partial charge >= 0.3 is 6.03 Å². The first-order valence-electron chi connectivity index (χ1n) is 7.29. The molecule has 122 valence electrons. The van der Waals surface area contributed by atoms with Crippen LogP contribution in [0.15, 0.2) is 42.5 Å². The van der Waals surface area contributed by atoms with Crippen molar-refractivity contribution in [1.82, 2.24) is 5.32 Å². The van der Waals surface area contributed by atoms with Crippen LogP contribution in [0, 0.1) is 25.2 Å². The van der Waals surface area contributed by atoms with Crippen LogP contribution in [0.1, 0.15) is 16.7 Å². The molecule has 3 amide bonds. The lowest BCUT2D eigenvalue weighted by Gasteiger charge is -2.10. The quantitative estimate of drug-likeness (QED) is 0.905. The Bertz CT molecular complexity index is 792. The zero-order valence-electron chi connectivity index (χ0n) is 13.4. The molecule has 0 aliphatic heterocycles. The molecule has 0 spiro atoms. The van der Waals surface area contributed by atoms with Gasteiger partial charge in [-0.3, -0.25) is 10.1 Å². The minimum Gasteiger partial charge on any atom is -0.484 e. The molecule has 0 saturated heterocycles. The molecule has 0 radical (unpaired) electrons. The van der Waals surface area contributed by atoms with E-state index < -0.39 is 11.9 Å². The predicted molar refractivity (Wildman–Crippen MR) is 89.7 cm³/mol. The summed E-state index contributed by atoms with van der Waals surface area (Å²) in [5.74, 6) is -0.124. The van der Waals surface area contributed by atoms with Gasteiger partial charge in [0.25, 0.3) is 5.91 Å². The van der Waals surface area contributed by atoms with Gasteiger partial charge in [-0.25, -0.2) is 4.79 Å². The Morgan fingerprint density at radius 3 is 2.46 bits per heavy atom. The van der Waals surface area contributed by atoms with Gasteiger partial charge in [0.2, 0.25) is 0 Å². The first-order chi connectivity index (χ1) is 11.5. The van der Waals surface area contributed by atoms with Crippen molar-refractivity contribution in [2.24, 2.45) is 0 Å². The first-order valence-corrected chi connectivity index (χ1v) is 7.29. The summed E-state index contributed by atoms with van der Waals surface area (Å²) < 4.78 is 5.26. The number of aryl methyl sites for hydroxylation is 2. The maximum Gasteiger partial charge on any atom is 0.325 e. The summed E-state index contributed by atoms with van der Waals surface area (Å²) in [7, 11) is 0. The van der Waals surface area contributed by atoms with Crippen molar-refractivity contribution in [1.29, 1.82) is 5.26 Å². The highest BCUT2D eigenvalue weighted by Crippen LogP contribution is 2.15. The SMILES string of the molecule is Cc1ccc(NC(=O)NC(=O)COc2ccc(C#N)cc2)c(C)c1. The van der Waals surface area contributed by atoms with E-state index in [0.717, 1.165) is 11.1 Å². The molecule has 2 rings (SSSR count). The molecular weight excluding hydrogens is 306 g/mol. The fraction of sp³-hybridized carbons (Fsp3) is 0.167. The lowest BCUT2D eigenvalue weighted by atomic mass is 10.1. The second-order valence-corrected chi connectivity index (χ2v) is 5.25. The summed E-state index contributed by atoms with van der Waals surface area (Å²) in [6, 6.07) is 13.3. The zero-order valence-corrected chi connectivity index (χ0v) is 13.4. The second kappa shape index (κ2) is 7.79. The van der Waals surface area contributed by atoms with Crippen LogP contribution in [0.4, 0.5) is 10.5 Å². The topological polar surface area (TPSA) is 91.2 Å². The van der Waals surface area contributed by atoms with E-state index in [1.165, 1.54) is 0 Å². The Morgan fingerprint density at radius 1 is 1.12 bits per heavy atom. The molecule has 0 aliphatic carbocycles. The van der Waals surface area contributed by atoms with Crippen LogP contribution in [0.3, 0.4) is 0 Å². The third-order valence-electron chi connectivity index (χ3n) is 3.24. The third-order valence-corrected chi connectivity index (χ3v) is 3.24. The van der Waals surface area contributed by atoms with Crippen molar-refractivity contribution in [3.63, 3.8) is 0 Å². The van der Waals surface area contributed by atoms with Gasteiger partial charge in [-0.2, -0.15) is 5.26 Å². The van der Waals surface area contributed by atoms with Crippen LogP contribution < -0.4 is 15.4 Å². The average molecular weight is 323 g/mol. The Labute approximate surface area is 140 Å². The number of urea groups is 1. The van der Waals surface area contributed by atoms with Crippen LogP contribution in [0.25, 0.3) is 0 Å². The maximum absolute atomic E-state index is 11.8. The number of hydrogen-bond donors (Lipinski definition) is 2. The van der Waals surface area contributed by atoms with E-state index in [9.17, 15) is 9.59 Å². The molecule has 0 aromatic heterocycles. The van der Waals surface area contributed by atoms with E-state index in [0.29, 0.717) is 17.0 Å². The maximum atomic E-state index is 11.8. The molecule has 24 heavy (non-hydrogen) atoms. The van der Waals surface area contributed by atoms with Crippen LogP contribution in [0.2, 0.25) is 0 Å². The van der Waals surface area contributed by atoms with Gasteiger partial charge in [0, 0.05) is 5.69 Å². The van der Waals surface area contributed by atoms with Gasteiger partial charge in [0.1, 0.15) is 5.75 Å². The summed E-state index contributed by atoms with van der Waals surface area (Å²) in [4.78, 5) is 23.6. The highest BCUT2D eigenvalue weighted by Gasteiger charge is 2.10. The van der Waals surface area contributed by atoms with E-state index in [-0.39, 0.29) is 6.61 Å². The number of hydrogen-bond acceptors (Lipinski definition) is 4. The highest BCUT2D eigenvalue weighted by atomic mass is 16.5. The number of imide groups is 1. The first kappa shape index (κ1) is 17.0. The zero-order chi connectivity index (χ0) is 17.5. The smallest absolute Gasteiger partial charge is 0.325 e. The van der Waals surface area contributed by atoms with Gasteiger partial charge in [-0.05, 0) is 49.7 Å². The normalized spacial score (nSPS) is 9.71. The number of anilines is 1. The molecule has 0 bridgehead atoms.